The average molecular weight is 216 g/mol. The van der Waals surface area contributed by atoms with Crippen LogP contribution in [0.1, 0.15) is 33.6 Å². The molecule has 88 valence electrons. The number of nitrogens with one attached hydrogen (secondary N) is 1. The van der Waals surface area contributed by atoms with Crippen molar-refractivity contribution in [2.75, 3.05) is 19.8 Å². The third kappa shape index (κ3) is 3.08. The maximum atomic E-state index is 11.9. The Kier molecular flexibility index (Phi) is 3.94. The number of hydrogen-bond acceptors (Lipinski definition) is 1. The number of amides is 2. The van der Waals surface area contributed by atoms with E-state index in [0.717, 1.165) is 19.4 Å². The Bertz CT molecular complexity index is 225. The molecule has 15 heavy (non-hydrogen) atoms. The molecule has 0 spiro atoms. The number of carbonyl (C=O) groups excluding carboxylic acids is 1. The number of carbonyl (C=O) groups is 1. The summed E-state index contributed by atoms with van der Waals surface area (Å²) in [6.45, 7) is 6.82. The zero-order valence-corrected chi connectivity index (χ0v) is 9.85. The highest BCUT2D eigenvalue weighted by Gasteiger charge is 2.36. The van der Waals surface area contributed by atoms with Crippen molar-refractivity contribution in [2.24, 2.45) is 5.41 Å². The lowest BCUT2D eigenvalue weighted by Crippen LogP contribution is -2.48. The van der Waals surface area contributed by atoms with E-state index in [1.165, 1.54) is 0 Å². The second kappa shape index (κ2) is 4.81. The van der Waals surface area contributed by atoms with Crippen molar-refractivity contribution in [3.05, 3.63) is 0 Å². The number of likely N-dealkylation sites (tertiary alicyclic amines) is 1. The van der Waals surface area contributed by atoms with Crippen molar-refractivity contribution < 1.29 is 9.18 Å². The highest BCUT2D eigenvalue weighted by Crippen LogP contribution is 2.32. The maximum absolute atomic E-state index is 11.9. The second-order valence-corrected chi connectivity index (χ2v) is 5.14. The Morgan fingerprint density at radius 2 is 2.20 bits per heavy atom. The molecule has 0 saturated carbocycles. The summed E-state index contributed by atoms with van der Waals surface area (Å²) in [5.74, 6) is 0. The minimum atomic E-state index is -0.500. The van der Waals surface area contributed by atoms with Crippen molar-refractivity contribution in [1.29, 1.82) is 0 Å². The molecule has 0 aromatic heterocycles. The monoisotopic (exact) mass is 216 g/mol. The van der Waals surface area contributed by atoms with Gasteiger partial charge in [-0.1, -0.05) is 20.8 Å². The molecule has 1 aliphatic heterocycles. The quantitative estimate of drug-likeness (QED) is 0.754. The zero-order chi connectivity index (χ0) is 11.5. The summed E-state index contributed by atoms with van der Waals surface area (Å²) in [6.07, 6.45) is 2.09. The molecule has 1 atom stereocenters. The number of hydrogen-bond donors (Lipinski definition) is 1. The van der Waals surface area contributed by atoms with Crippen LogP contribution in [-0.4, -0.2) is 36.7 Å². The van der Waals surface area contributed by atoms with Crippen LogP contribution in [0.4, 0.5) is 9.18 Å². The lowest BCUT2D eigenvalue weighted by molar-refractivity contribution is 0.145. The molecular weight excluding hydrogens is 195 g/mol. The zero-order valence-electron chi connectivity index (χ0n) is 9.85. The van der Waals surface area contributed by atoms with Crippen LogP contribution >= 0.6 is 0 Å². The van der Waals surface area contributed by atoms with E-state index in [-0.39, 0.29) is 24.0 Å². The van der Waals surface area contributed by atoms with E-state index in [1.54, 1.807) is 0 Å². The standard InChI is InChI=1S/C11H21FN2O/c1-11(2,3)9-5-4-8-14(9)10(15)13-7-6-12/h9H,4-8H2,1-3H3,(H,13,15). The third-order valence-corrected chi connectivity index (χ3v) is 2.88. The summed E-state index contributed by atoms with van der Waals surface area (Å²) in [5, 5.41) is 2.59. The van der Waals surface area contributed by atoms with Crippen LogP contribution in [-0.2, 0) is 0 Å². The smallest absolute Gasteiger partial charge is 0.317 e. The predicted octanol–water partition coefficient (Wildman–Crippen LogP) is 2.18. The highest BCUT2D eigenvalue weighted by atomic mass is 19.1. The summed E-state index contributed by atoms with van der Waals surface area (Å²) in [5.41, 5.74) is 0.101. The van der Waals surface area contributed by atoms with Gasteiger partial charge >= 0.3 is 6.03 Å². The average Bonchev–Trinajstić information content (AvgIpc) is 2.61. The van der Waals surface area contributed by atoms with Gasteiger partial charge < -0.3 is 10.2 Å². The van der Waals surface area contributed by atoms with E-state index in [1.807, 2.05) is 4.90 Å². The molecule has 4 heteroatoms. The predicted molar refractivity (Wildman–Crippen MR) is 58.6 cm³/mol. The van der Waals surface area contributed by atoms with Gasteiger partial charge in [0.05, 0.1) is 0 Å². The van der Waals surface area contributed by atoms with E-state index in [2.05, 4.69) is 26.1 Å². The number of rotatable bonds is 2. The molecule has 1 rings (SSSR count). The summed E-state index contributed by atoms with van der Waals surface area (Å²) < 4.78 is 11.9. The number of nitrogens with zero attached hydrogens (tertiary/aromatic N) is 1. The Morgan fingerprint density at radius 3 is 2.73 bits per heavy atom. The van der Waals surface area contributed by atoms with Gasteiger partial charge in [0.2, 0.25) is 0 Å². The van der Waals surface area contributed by atoms with Crippen LogP contribution in [0.5, 0.6) is 0 Å². The molecule has 0 aromatic rings. The van der Waals surface area contributed by atoms with Gasteiger partial charge in [-0.15, -0.1) is 0 Å². The van der Waals surface area contributed by atoms with Gasteiger partial charge in [-0.05, 0) is 18.3 Å². The molecule has 0 bridgehead atoms. The highest BCUT2D eigenvalue weighted by molar-refractivity contribution is 5.74. The van der Waals surface area contributed by atoms with Gasteiger partial charge in [-0.25, -0.2) is 9.18 Å². The topological polar surface area (TPSA) is 32.3 Å². The molecule has 0 radical (unpaired) electrons. The summed E-state index contributed by atoms with van der Waals surface area (Å²) in [6, 6.07) is 0.155. The fourth-order valence-corrected chi connectivity index (χ4v) is 2.17. The van der Waals surface area contributed by atoms with Gasteiger partial charge in [-0.3, -0.25) is 0 Å². The lowest BCUT2D eigenvalue weighted by Gasteiger charge is -2.34. The number of urea groups is 1. The first-order valence-corrected chi connectivity index (χ1v) is 5.57. The first-order valence-electron chi connectivity index (χ1n) is 5.57. The van der Waals surface area contributed by atoms with Crippen molar-refractivity contribution in [3.8, 4) is 0 Å². The Morgan fingerprint density at radius 1 is 1.53 bits per heavy atom. The summed E-state index contributed by atoms with van der Waals surface area (Å²) in [4.78, 5) is 13.6. The molecule has 1 unspecified atom stereocenters. The molecule has 1 fully saturated rings. The van der Waals surface area contributed by atoms with E-state index in [4.69, 9.17) is 0 Å². The minimum absolute atomic E-state index is 0.101. The summed E-state index contributed by atoms with van der Waals surface area (Å²) in [7, 11) is 0. The van der Waals surface area contributed by atoms with E-state index >= 15 is 0 Å². The largest absolute Gasteiger partial charge is 0.335 e. The maximum Gasteiger partial charge on any atom is 0.317 e. The lowest BCUT2D eigenvalue weighted by atomic mass is 9.85. The van der Waals surface area contributed by atoms with Gasteiger partial charge in [0.15, 0.2) is 0 Å². The first-order chi connectivity index (χ1) is 6.96. The van der Waals surface area contributed by atoms with Crippen LogP contribution in [0.2, 0.25) is 0 Å². The van der Waals surface area contributed by atoms with E-state index in [0.29, 0.717) is 0 Å². The van der Waals surface area contributed by atoms with E-state index < -0.39 is 6.67 Å². The SMILES string of the molecule is CC(C)(C)C1CCCN1C(=O)NCCF. The van der Waals surface area contributed by atoms with Crippen LogP contribution < -0.4 is 5.32 Å². The molecule has 1 aliphatic rings. The second-order valence-electron chi connectivity index (χ2n) is 5.14. The van der Waals surface area contributed by atoms with Gasteiger partial charge in [0, 0.05) is 19.1 Å². The Hall–Kier alpha value is -0.800. The van der Waals surface area contributed by atoms with Crippen LogP contribution in [0.15, 0.2) is 0 Å². The fourth-order valence-electron chi connectivity index (χ4n) is 2.17. The molecule has 0 aromatic carbocycles. The number of alkyl halides is 1. The Balaban J connectivity index is 2.56. The molecular formula is C11H21FN2O. The Labute approximate surface area is 91.0 Å². The van der Waals surface area contributed by atoms with Gasteiger partial charge in [0.25, 0.3) is 0 Å². The van der Waals surface area contributed by atoms with Crippen molar-refractivity contribution in [2.45, 2.75) is 39.7 Å². The first kappa shape index (κ1) is 12.3. The molecule has 2 amide bonds. The van der Waals surface area contributed by atoms with E-state index in [9.17, 15) is 9.18 Å². The third-order valence-electron chi connectivity index (χ3n) is 2.88. The molecule has 1 saturated heterocycles. The number of halogens is 1. The normalized spacial score (nSPS) is 21.9. The molecule has 1 N–H and O–H groups in total. The molecule has 0 aliphatic carbocycles. The minimum Gasteiger partial charge on any atom is -0.335 e. The molecule has 1 heterocycles. The van der Waals surface area contributed by atoms with Crippen LogP contribution in [0, 0.1) is 5.41 Å². The fraction of sp³-hybridized carbons (Fsp3) is 0.909. The van der Waals surface area contributed by atoms with Crippen molar-refractivity contribution >= 4 is 6.03 Å². The van der Waals surface area contributed by atoms with Gasteiger partial charge in [-0.2, -0.15) is 0 Å². The van der Waals surface area contributed by atoms with Crippen molar-refractivity contribution in [3.63, 3.8) is 0 Å². The van der Waals surface area contributed by atoms with Crippen LogP contribution in [0.25, 0.3) is 0 Å². The van der Waals surface area contributed by atoms with Crippen LogP contribution in [0.3, 0.4) is 0 Å². The molecule has 3 nitrogen and oxygen atoms in total. The summed E-state index contributed by atoms with van der Waals surface area (Å²) >= 11 is 0. The van der Waals surface area contributed by atoms with Crippen molar-refractivity contribution in [1.82, 2.24) is 10.2 Å². The van der Waals surface area contributed by atoms with Gasteiger partial charge in [0.1, 0.15) is 6.67 Å².